The van der Waals surface area contributed by atoms with Gasteiger partial charge in [-0.1, -0.05) is 33.3 Å². The van der Waals surface area contributed by atoms with Crippen molar-refractivity contribution in [3.8, 4) is 0 Å². The first-order valence-electron chi connectivity index (χ1n) is 5.50. The van der Waals surface area contributed by atoms with Crippen molar-refractivity contribution < 1.29 is 9.53 Å². The van der Waals surface area contributed by atoms with Gasteiger partial charge in [-0.2, -0.15) is 0 Å². The minimum absolute atomic E-state index is 0.0986. The van der Waals surface area contributed by atoms with Gasteiger partial charge in [0.25, 0.3) is 0 Å². The molecule has 14 heavy (non-hydrogen) atoms. The molecule has 0 spiro atoms. The molecule has 2 heteroatoms. The highest BCUT2D eigenvalue weighted by atomic mass is 16.5. The predicted molar refractivity (Wildman–Crippen MR) is 56.9 cm³/mol. The molecule has 0 aromatic carbocycles. The number of ether oxygens (including phenoxy) is 1. The molecule has 1 aliphatic heterocycles. The van der Waals surface area contributed by atoms with Crippen molar-refractivity contribution in [1.29, 1.82) is 0 Å². The molecule has 2 nitrogen and oxygen atoms in total. The third-order valence-corrected chi connectivity index (χ3v) is 3.00. The number of esters is 1. The Morgan fingerprint density at radius 1 is 1.57 bits per heavy atom. The van der Waals surface area contributed by atoms with Crippen molar-refractivity contribution in [2.24, 2.45) is 11.8 Å². The molecule has 0 aromatic rings. The van der Waals surface area contributed by atoms with Gasteiger partial charge in [0.2, 0.25) is 0 Å². The third kappa shape index (κ3) is 3.17. The van der Waals surface area contributed by atoms with E-state index >= 15 is 0 Å². The fraction of sp³-hybridized carbons (Fsp3) is 0.750. The molecule has 0 fully saturated rings. The highest BCUT2D eigenvalue weighted by Gasteiger charge is 2.23. The summed E-state index contributed by atoms with van der Waals surface area (Å²) in [5.74, 6) is 1.01. The SMILES string of the molecule is CCC(C)CC(C)C1CC=CC(=O)O1. The standard InChI is InChI=1S/C12H20O2/c1-4-9(2)8-10(3)11-6-5-7-12(13)14-11/h5,7,9-11H,4,6,8H2,1-3H3. The molecule has 3 unspecified atom stereocenters. The van der Waals surface area contributed by atoms with E-state index in [9.17, 15) is 4.79 Å². The average molecular weight is 196 g/mol. The molecule has 0 amide bonds. The normalized spacial score (nSPS) is 25.6. The number of carbonyl (C=O) groups excluding carboxylic acids is 1. The molecule has 0 aliphatic carbocycles. The summed E-state index contributed by atoms with van der Waals surface area (Å²) in [6.45, 7) is 6.62. The van der Waals surface area contributed by atoms with Crippen LogP contribution in [0.4, 0.5) is 0 Å². The number of hydrogen-bond acceptors (Lipinski definition) is 2. The van der Waals surface area contributed by atoms with Gasteiger partial charge in [0.15, 0.2) is 0 Å². The van der Waals surface area contributed by atoms with E-state index in [0.717, 1.165) is 18.8 Å². The molecule has 1 rings (SSSR count). The number of hydrogen-bond donors (Lipinski definition) is 0. The number of rotatable bonds is 4. The minimum atomic E-state index is -0.183. The van der Waals surface area contributed by atoms with Crippen LogP contribution in [0.15, 0.2) is 12.2 Å². The molecule has 0 bridgehead atoms. The van der Waals surface area contributed by atoms with Gasteiger partial charge in [-0.15, -0.1) is 0 Å². The van der Waals surface area contributed by atoms with Crippen LogP contribution in [-0.4, -0.2) is 12.1 Å². The smallest absolute Gasteiger partial charge is 0.330 e. The zero-order chi connectivity index (χ0) is 10.6. The van der Waals surface area contributed by atoms with Gasteiger partial charge in [-0.05, 0) is 18.3 Å². The average Bonchev–Trinajstić information content (AvgIpc) is 2.17. The lowest BCUT2D eigenvalue weighted by molar-refractivity contribution is -0.146. The van der Waals surface area contributed by atoms with Gasteiger partial charge < -0.3 is 4.74 Å². The Morgan fingerprint density at radius 3 is 2.86 bits per heavy atom. The Bertz CT molecular complexity index is 220. The van der Waals surface area contributed by atoms with E-state index in [4.69, 9.17) is 4.74 Å². The van der Waals surface area contributed by atoms with E-state index in [0.29, 0.717) is 5.92 Å². The van der Waals surface area contributed by atoms with Gasteiger partial charge >= 0.3 is 5.97 Å². The largest absolute Gasteiger partial charge is 0.459 e. The molecule has 1 heterocycles. The van der Waals surface area contributed by atoms with E-state index in [1.54, 1.807) is 0 Å². The summed E-state index contributed by atoms with van der Waals surface area (Å²) in [4.78, 5) is 11.0. The Balaban J connectivity index is 2.41. The van der Waals surface area contributed by atoms with Gasteiger partial charge in [0.05, 0.1) is 0 Å². The topological polar surface area (TPSA) is 26.3 Å². The van der Waals surface area contributed by atoms with Crippen LogP contribution in [-0.2, 0) is 9.53 Å². The van der Waals surface area contributed by atoms with Crippen LogP contribution in [0.1, 0.15) is 40.0 Å². The van der Waals surface area contributed by atoms with Crippen molar-refractivity contribution >= 4 is 5.97 Å². The van der Waals surface area contributed by atoms with Gasteiger partial charge in [0.1, 0.15) is 6.10 Å². The molecule has 0 aromatic heterocycles. The second-order valence-corrected chi connectivity index (χ2v) is 4.34. The lowest BCUT2D eigenvalue weighted by Crippen LogP contribution is -2.27. The lowest BCUT2D eigenvalue weighted by Gasteiger charge is -2.26. The fourth-order valence-corrected chi connectivity index (χ4v) is 1.84. The maximum Gasteiger partial charge on any atom is 0.330 e. The Morgan fingerprint density at radius 2 is 2.29 bits per heavy atom. The van der Waals surface area contributed by atoms with E-state index in [-0.39, 0.29) is 12.1 Å². The van der Waals surface area contributed by atoms with Crippen LogP contribution in [0, 0.1) is 11.8 Å². The molecule has 0 radical (unpaired) electrons. The number of cyclic esters (lactones) is 1. The summed E-state index contributed by atoms with van der Waals surface area (Å²) in [6.07, 6.45) is 6.75. The molecule has 3 atom stereocenters. The van der Waals surface area contributed by atoms with Crippen LogP contribution >= 0.6 is 0 Å². The fourth-order valence-electron chi connectivity index (χ4n) is 1.84. The van der Waals surface area contributed by atoms with Crippen molar-refractivity contribution in [3.63, 3.8) is 0 Å². The summed E-state index contributed by atoms with van der Waals surface area (Å²) in [5, 5.41) is 0. The zero-order valence-electron chi connectivity index (χ0n) is 9.32. The molecule has 0 saturated carbocycles. The molecule has 1 aliphatic rings. The van der Waals surface area contributed by atoms with Crippen LogP contribution in [0.25, 0.3) is 0 Å². The number of carbonyl (C=O) groups is 1. The van der Waals surface area contributed by atoms with Crippen LogP contribution in [0.2, 0.25) is 0 Å². The molecule has 80 valence electrons. The van der Waals surface area contributed by atoms with Crippen molar-refractivity contribution in [3.05, 3.63) is 12.2 Å². The third-order valence-electron chi connectivity index (χ3n) is 3.00. The van der Waals surface area contributed by atoms with Crippen molar-refractivity contribution in [1.82, 2.24) is 0 Å². The van der Waals surface area contributed by atoms with E-state index in [1.165, 1.54) is 12.5 Å². The first-order valence-corrected chi connectivity index (χ1v) is 5.50. The summed E-state index contributed by atoms with van der Waals surface area (Å²) in [6, 6.07) is 0. The van der Waals surface area contributed by atoms with E-state index in [1.807, 2.05) is 6.08 Å². The van der Waals surface area contributed by atoms with Gasteiger partial charge in [-0.25, -0.2) is 4.79 Å². The Kier molecular flexibility index (Phi) is 4.18. The summed E-state index contributed by atoms with van der Waals surface area (Å²) >= 11 is 0. The second-order valence-electron chi connectivity index (χ2n) is 4.34. The first-order chi connectivity index (χ1) is 6.63. The maximum atomic E-state index is 11.0. The Labute approximate surface area is 86.3 Å². The van der Waals surface area contributed by atoms with Crippen LogP contribution in [0.3, 0.4) is 0 Å². The molecule has 0 N–H and O–H groups in total. The lowest BCUT2D eigenvalue weighted by atomic mass is 9.89. The highest BCUT2D eigenvalue weighted by molar-refractivity contribution is 5.82. The molecule has 0 saturated heterocycles. The van der Waals surface area contributed by atoms with Crippen LogP contribution in [0.5, 0.6) is 0 Å². The zero-order valence-corrected chi connectivity index (χ0v) is 9.32. The summed E-state index contributed by atoms with van der Waals surface area (Å²) in [7, 11) is 0. The van der Waals surface area contributed by atoms with E-state index in [2.05, 4.69) is 20.8 Å². The minimum Gasteiger partial charge on any atom is -0.459 e. The maximum absolute atomic E-state index is 11.0. The monoisotopic (exact) mass is 196 g/mol. The van der Waals surface area contributed by atoms with Gasteiger partial charge in [-0.3, -0.25) is 0 Å². The highest BCUT2D eigenvalue weighted by Crippen LogP contribution is 2.23. The van der Waals surface area contributed by atoms with E-state index < -0.39 is 0 Å². The quantitative estimate of drug-likeness (QED) is 0.646. The Hall–Kier alpha value is -0.790. The van der Waals surface area contributed by atoms with Crippen molar-refractivity contribution in [2.75, 3.05) is 0 Å². The predicted octanol–water partition coefficient (Wildman–Crippen LogP) is 2.93. The van der Waals surface area contributed by atoms with Gasteiger partial charge in [0, 0.05) is 12.5 Å². The molecular weight excluding hydrogens is 176 g/mol. The molecular formula is C12H20O2. The second kappa shape index (κ2) is 5.18. The van der Waals surface area contributed by atoms with Crippen LogP contribution < -0.4 is 0 Å². The summed E-state index contributed by atoms with van der Waals surface area (Å²) < 4.78 is 5.27. The van der Waals surface area contributed by atoms with Crippen molar-refractivity contribution in [2.45, 2.75) is 46.1 Å². The summed E-state index contributed by atoms with van der Waals surface area (Å²) in [5.41, 5.74) is 0. The first kappa shape index (κ1) is 11.3.